The van der Waals surface area contributed by atoms with Gasteiger partial charge in [0.25, 0.3) is 0 Å². The second-order valence-corrected chi connectivity index (χ2v) is 5.26. The molecule has 0 aromatic heterocycles. The minimum absolute atomic E-state index is 0.363. The lowest BCUT2D eigenvalue weighted by molar-refractivity contribution is 0.255. The molecule has 0 aliphatic rings. The largest absolute Gasteiger partial charge is 0.370 e. The van der Waals surface area contributed by atoms with Crippen molar-refractivity contribution in [3.8, 4) is 0 Å². The summed E-state index contributed by atoms with van der Waals surface area (Å²) in [6.45, 7) is 6.89. The summed E-state index contributed by atoms with van der Waals surface area (Å²) in [5.41, 5.74) is 7.16. The van der Waals surface area contributed by atoms with E-state index in [1.165, 1.54) is 5.56 Å². The van der Waals surface area contributed by atoms with Crippen LogP contribution in [0.1, 0.15) is 32.3 Å². The highest BCUT2D eigenvalue weighted by molar-refractivity contribution is 5.77. The third-order valence-corrected chi connectivity index (χ3v) is 3.39. The highest BCUT2D eigenvalue weighted by Crippen LogP contribution is 2.06. The van der Waals surface area contributed by atoms with Crippen LogP contribution in [0.2, 0.25) is 0 Å². The number of aliphatic imine (C=N–C) groups is 1. The van der Waals surface area contributed by atoms with Gasteiger partial charge in [0, 0.05) is 19.1 Å². The molecule has 0 bridgehead atoms. The van der Waals surface area contributed by atoms with Gasteiger partial charge >= 0.3 is 0 Å². The SMILES string of the molecule is CCCCNC(N)=NCC(C)N(C)Cc1ccccc1. The van der Waals surface area contributed by atoms with Gasteiger partial charge in [-0.15, -0.1) is 0 Å². The fourth-order valence-corrected chi connectivity index (χ4v) is 1.85. The van der Waals surface area contributed by atoms with Gasteiger partial charge in [-0.3, -0.25) is 9.89 Å². The Balaban J connectivity index is 2.34. The standard InChI is InChI=1S/C16H28N4/c1-4-5-11-18-16(17)19-12-14(2)20(3)13-15-9-7-6-8-10-15/h6-10,14H,4-5,11-13H2,1-3H3,(H3,17,18,19). The first-order chi connectivity index (χ1) is 9.63. The molecule has 0 radical (unpaired) electrons. The highest BCUT2D eigenvalue weighted by atomic mass is 15.2. The van der Waals surface area contributed by atoms with Crippen LogP contribution in [0.15, 0.2) is 35.3 Å². The maximum Gasteiger partial charge on any atom is 0.188 e. The number of unbranched alkanes of at least 4 members (excludes halogenated alkanes) is 1. The van der Waals surface area contributed by atoms with Gasteiger partial charge < -0.3 is 11.1 Å². The number of hydrogen-bond donors (Lipinski definition) is 2. The third kappa shape index (κ3) is 6.57. The number of hydrogen-bond acceptors (Lipinski definition) is 2. The predicted octanol–water partition coefficient (Wildman–Crippen LogP) is 2.21. The fraction of sp³-hybridized carbons (Fsp3) is 0.562. The van der Waals surface area contributed by atoms with E-state index in [1.54, 1.807) is 0 Å². The van der Waals surface area contributed by atoms with E-state index in [0.29, 0.717) is 18.5 Å². The molecular weight excluding hydrogens is 248 g/mol. The number of likely N-dealkylation sites (N-methyl/N-ethyl adjacent to an activating group) is 1. The summed E-state index contributed by atoms with van der Waals surface area (Å²) in [4.78, 5) is 6.69. The zero-order chi connectivity index (χ0) is 14.8. The monoisotopic (exact) mass is 276 g/mol. The van der Waals surface area contributed by atoms with Crippen molar-refractivity contribution in [3.63, 3.8) is 0 Å². The molecule has 0 fully saturated rings. The topological polar surface area (TPSA) is 53.6 Å². The Morgan fingerprint density at radius 1 is 1.35 bits per heavy atom. The number of nitrogens with zero attached hydrogens (tertiary/aromatic N) is 2. The lowest BCUT2D eigenvalue weighted by Crippen LogP contribution is -2.36. The molecule has 0 saturated carbocycles. The van der Waals surface area contributed by atoms with E-state index < -0.39 is 0 Å². The first-order valence-electron chi connectivity index (χ1n) is 7.41. The van der Waals surface area contributed by atoms with Crippen molar-refractivity contribution in [2.45, 2.75) is 39.3 Å². The van der Waals surface area contributed by atoms with E-state index in [0.717, 1.165) is 25.9 Å². The average molecular weight is 276 g/mol. The van der Waals surface area contributed by atoms with Gasteiger partial charge in [-0.1, -0.05) is 43.7 Å². The molecule has 0 amide bonds. The highest BCUT2D eigenvalue weighted by Gasteiger charge is 2.08. The Hall–Kier alpha value is -1.55. The molecule has 0 heterocycles. The molecule has 0 saturated heterocycles. The van der Waals surface area contributed by atoms with Gasteiger partial charge in [0.05, 0.1) is 6.54 Å². The van der Waals surface area contributed by atoms with Gasteiger partial charge in [0.15, 0.2) is 5.96 Å². The van der Waals surface area contributed by atoms with E-state index in [1.807, 2.05) is 6.07 Å². The van der Waals surface area contributed by atoms with Crippen LogP contribution in [0.5, 0.6) is 0 Å². The van der Waals surface area contributed by atoms with Crippen molar-refractivity contribution in [3.05, 3.63) is 35.9 Å². The molecule has 4 heteroatoms. The van der Waals surface area contributed by atoms with E-state index in [-0.39, 0.29) is 0 Å². The van der Waals surface area contributed by atoms with E-state index in [9.17, 15) is 0 Å². The lowest BCUT2D eigenvalue weighted by Gasteiger charge is -2.23. The first kappa shape index (κ1) is 16.5. The Morgan fingerprint density at radius 3 is 2.70 bits per heavy atom. The predicted molar refractivity (Wildman–Crippen MR) is 86.8 cm³/mol. The average Bonchev–Trinajstić information content (AvgIpc) is 2.46. The summed E-state index contributed by atoms with van der Waals surface area (Å²) in [5, 5.41) is 3.14. The van der Waals surface area contributed by atoms with E-state index in [4.69, 9.17) is 5.73 Å². The second kappa shape index (κ2) is 9.37. The van der Waals surface area contributed by atoms with Gasteiger partial charge in [-0.05, 0) is 26.0 Å². The lowest BCUT2D eigenvalue weighted by atomic mass is 10.2. The summed E-state index contributed by atoms with van der Waals surface area (Å²) >= 11 is 0. The van der Waals surface area contributed by atoms with Crippen LogP contribution in [0.4, 0.5) is 0 Å². The Kier molecular flexibility index (Phi) is 7.73. The molecule has 1 unspecified atom stereocenters. The molecule has 20 heavy (non-hydrogen) atoms. The molecule has 112 valence electrons. The van der Waals surface area contributed by atoms with E-state index >= 15 is 0 Å². The normalized spacial score (nSPS) is 13.5. The molecule has 0 aliphatic carbocycles. The minimum atomic E-state index is 0.363. The second-order valence-electron chi connectivity index (χ2n) is 5.26. The van der Waals surface area contributed by atoms with Crippen molar-refractivity contribution in [2.24, 2.45) is 10.7 Å². The van der Waals surface area contributed by atoms with Gasteiger partial charge in [-0.25, -0.2) is 0 Å². The Labute approximate surface area is 123 Å². The number of guanidine groups is 1. The summed E-state index contributed by atoms with van der Waals surface area (Å²) in [7, 11) is 2.12. The Bertz CT molecular complexity index is 389. The minimum Gasteiger partial charge on any atom is -0.370 e. The van der Waals surface area contributed by atoms with Crippen molar-refractivity contribution >= 4 is 5.96 Å². The molecule has 1 atom stereocenters. The molecule has 0 spiro atoms. The molecule has 3 N–H and O–H groups in total. The Morgan fingerprint density at radius 2 is 2.05 bits per heavy atom. The zero-order valence-corrected chi connectivity index (χ0v) is 13.0. The molecule has 0 aliphatic heterocycles. The van der Waals surface area contributed by atoms with Gasteiger partial charge in [0.2, 0.25) is 0 Å². The fourth-order valence-electron chi connectivity index (χ4n) is 1.85. The van der Waals surface area contributed by atoms with Crippen LogP contribution in [-0.2, 0) is 6.54 Å². The molecule has 1 aromatic carbocycles. The van der Waals surface area contributed by atoms with Crippen LogP contribution in [0.25, 0.3) is 0 Å². The molecular formula is C16H28N4. The number of benzene rings is 1. The molecule has 1 rings (SSSR count). The molecule has 4 nitrogen and oxygen atoms in total. The maximum absolute atomic E-state index is 5.84. The maximum atomic E-state index is 5.84. The summed E-state index contributed by atoms with van der Waals surface area (Å²) < 4.78 is 0. The first-order valence-corrected chi connectivity index (χ1v) is 7.41. The molecule has 1 aromatic rings. The third-order valence-electron chi connectivity index (χ3n) is 3.39. The summed E-state index contributed by atoms with van der Waals surface area (Å²) in [6, 6.07) is 10.8. The zero-order valence-electron chi connectivity index (χ0n) is 13.0. The van der Waals surface area contributed by atoms with Crippen LogP contribution < -0.4 is 11.1 Å². The smallest absolute Gasteiger partial charge is 0.188 e. The van der Waals surface area contributed by atoms with Crippen molar-refractivity contribution in [2.75, 3.05) is 20.1 Å². The van der Waals surface area contributed by atoms with Gasteiger partial charge in [0.1, 0.15) is 0 Å². The van der Waals surface area contributed by atoms with Crippen molar-refractivity contribution in [1.82, 2.24) is 10.2 Å². The summed E-state index contributed by atoms with van der Waals surface area (Å²) in [6.07, 6.45) is 2.29. The van der Waals surface area contributed by atoms with Crippen molar-refractivity contribution in [1.29, 1.82) is 0 Å². The van der Waals surface area contributed by atoms with Crippen LogP contribution in [-0.4, -0.2) is 37.0 Å². The summed E-state index contributed by atoms with van der Waals surface area (Å²) in [5.74, 6) is 0.554. The number of nitrogens with one attached hydrogen (secondary N) is 1. The van der Waals surface area contributed by atoms with Gasteiger partial charge in [-0.2, -0.15) is 0 Å². The van der Waals surface area contributed by atoms with Crippen LogP contribution in [0.3, 0.4) is 0 Å². The number of rotatable bonds is 8. The van der Waals surface area contributed by atoms with E-state index in [2.05, 4.69) is 60.4 Å². The van der Waals surface area contributed by atoms with Crippen molar-refractivity contribution < 1.29 is 0 Å². The van der Waals surface area contributed by atoms with Crippen LogP contribution in [0, 0.1) is 0 Å². The van der Waals surface area contributed by atoms with Crippen LogP contribution >= 0.6 is 0 Å². The number of nitrogens with two attached hydrogens (primary N) is 1. The quantitative estimate of drug-likeness (QED) is 0.435.